The molecule has 0 bridgehead atoms. The van der Waals surface area contributed by atoms with E-state index < -0.39 is 0 Å². The Kier molecular flexibility index (Phi) is 6.83. The van der Waals surface area contributed by atoms with Gasteiger partial charge in [-0.05, 0) is 43.2 Å². The third-order valence-corrected chi connectivity index (χ3v) is 4.24. The van der Waals surface area contributed by atoms with Gasteiger partial charge in [0.15, 0.2) is 0 Å². The van der Waals surface area contributed by atoms with Crippen LogP contribution in [0.25, 0.3) is 11.1 Å². The first-order chi connectivity index (χ1) is 11.6. The first kappa shape index (κ1) is 18.5. The number of methoxy groups -OCH3 is 1. The van der Waals surface area contributed by atoms with Gasteiger partial charge in [-0.25, -0.2) is 0 Å². The van der Waals surface area contributed by atoms with Crippen LogP contribution in [-0.4, -0.2) is 37.6 Å². The van der Waals surface area contributed by atoms with Crippen molar-refractivity contribution in [2.24, 2.45) is 0 Å². The Morgan fingerprint density at radius 1 is 1.12 bits per heavy atom. The summed E-state index contributed by atoms with van der Waals surface area (Å²) in [7, 11) is 1.65. The first-order valence-corrected chi connectivity index (χ1v) is 8.59. The second-order valence-corrected chi connectivity index (χ2v) is 6.25. The summed E-state index contributed by atoms with van der Waals surface area (Å²) < 4.78 is 5.10. The van der Waals surface area contributed by atoms with Gasteiger partial charge in [0, 0.05) is 36.3 Å². The van der Waals surface area contributed by atoms with Crippen LogP contribution in [-0.2, 0) is 4.74 Å². The summed E-state index contributed by atoms with van der Waals surface area (Å²) in [5.74, 6) is 0.0378. The number of carbonyl (C=O) groups excluding carboxylic acids is 1. The van der Waals surface area contributed by atoms with Crippen LogP contribution < -0.4 is 0 Å². The summed E-state index contributed by atoms with van der Waals surface area (Å²) in [4.78, 5) is 14.5. The van der Waals surface area contributed by atoms with Gasteiger partial charge >= 0.3 is 0 Å². The molecule has 0 fully saturated rings. The zero-order valence-electron chi connectivity index (χ0n) is 14.5. The van der Waals surface area contributed by atoms with Gasteiger partial charge in [-0.15, -0.1) is 0 Å². The highest BCUT2D eigenvalue weighted by Gasteiger charge is 2.15. The second-order valence-electron chi connectivity index (χ2n) is 5.85. The lowest BCUT2D eigenvalue weighted by atomic mass is 10.0. The van der Waals surface area contributed by atoms with Crippen LogP contribution in [0.4, 0.5) is 0 Å². The minimum absolute atomic E-state index is 0.0378. The summed E-state index contributed by atoms with van der Waals surface area (Å²) >= 11 is 6.29. The Morgan fingerprint density at radius 3 is 2.46 bits per heavy atom. The molecule has 0 saturated heterocycles. The van der Waals surface area contributed by atoms with E-state index in [9.17, 15) is 4.79 Å². The Balaban J connectivity index is 2.21. The molecule has 4 heteroatoms. The van der Waals surface area contributed by atoms with Crippen molar-refractivity contribution in [1.82, 2.24) is 4.90 Å². The van der Waals surface area contributed by atoms with Gasteiger partial charge in [-0.3, -0.25) is 4.79 Å². The van der Waals surface area contributed by atoms with Crippen LogP contribution in [0.3, 0.4) is 0 Å². The van der Waals surface area contributed by atoms with Crippen LogP contribution in [0.15, 0.2) is 42.5 Å². The Hall–Kier alpha value is -1.84. The highest BCUT2D eigenvalue weighted by Crippen LogP contribution is 2.29. The van der Waals surface area contributed by atoms with E-state index in [4.69, 9.17) is 16.3 Å². The maximum absolute atomic E-state index is 12.7. The summed E-state index contributed by atoms with van der Waals surface area (Å²) in [6.07, 6.45) is 0.923. The van der Waals surface area contributed by atoms with E-state index in [1.54, 1.807) is 7.11 Å². The maximum atomic E-state index is 12.7. The molecule has 0 aromatic heterocycles. The Bertz CT molecular complexity index is 683. The number of hydrogen-bond donors (Lipinski definition) is 0. The number of ether oxygens (including phenoxy) is 1. The second kappa shape index (κ2) is 8.86. The molecule has 3 nitrogen and oxygen atoms in total. The van der Waals surface area contributed by atoms with Gasteiger partial charge in [0.25, 0.3) is 5.91 Å². The molecule has 0 saturated carbocycles. The van der Waals surface area contributed by atoms with Gasteiger partial charge in [0.1, 0.15) is 0 Å². The maximum Gasteiger partial charge on any atom is 0.253 e. The Morgan fingerprint density at radius 2 is 1.83 bits per heavy atom. The van der Waals surface area contributed by atoms with Crippen molar-refractivity contribution >= 4 is 17.5 Å². The van der Waals surface area contributed by atoms with Crippen molar-refractivity contribution in [1.29, 1.82) is 0 Å². The van der Waals surface area contributed by atoms with E-state index in [2.05, 4.69) is 13.0 Å². The molecule has 0 heterocycles. The van der Waals surface area contributed by atoms with E-state index in [0.29, 0.717) is 23.7 Å². The smallest absolute Gasteiger partial charge is 0.253 e. The van der Waals surface area contributed by atoms with Gasteiger partial charge in [-0.2, -0.15) is 0 Å². The lowest BCUT2D eigenvalue weighted by Gasteiger charge is -2.22. The zero-order valence-corrected chi connectivity index (χ0v) is 15.3. The molecule has 0 atom stereocenters. The molecular weight excluding hydrogens is 322 g/mol. The molecule has 128 valence electrons. The van der Waals surface area contributed by atoms with Gasteiger partial charge in [0.2, 0.25) is 0 Å². The third-order valence-electron chi connectivity index (χ3n) is 3.91. The predicted molar refractivity (Wildman–Crippen MR) is 99.7 cm³/mol. The lowest BCUT2D eigenvalue weighted by Crippen LogP contribution is -2.34. The average Bonchev–Trinajstić information content (AvgIpc) is 2.60. The molecule has 2 aromatic carbocycles. The molecule has 1 amide bonds. The summed E-state index contributed by atoms with van der Waals surface area (Å²) in [6.45, 7) is 5.98. The molecule has 0 radical (unpaired) electrons. The van der Waals surface area contributed by atoms with Crippen molar-refractivity contribution in [2.45, 2.75) is 20.3 Å². The zero-order chi connectivity index (χ0) is 17.5. The molecule has 0 spiro atoms. The van der Waals surface area contributed by atoms with E-state index in [-0.39, 0.29) is 5.91 Å². The van der Waals surface area contributed by atoms with E-state index in [0.717, 1.165) is 29.7 Å². The molecule has 24 heavy (non-hydrogen) atoms. The SMILES string of the molecule is CCCN(CCOC)C(=O)c1ccc(-c2cc(C)ccc2Cl)cc1. The van der Waals surface area contributed by atoms with Crippen molar-refractivity contribution in [3.8, 4) is 11.1 Å². The molecule has 2 rings (SSSR count). The standard InChI is InChI=1S/C20H24ClNO2/c1-4-11-22(12-13-24-3)20(23)17-8-6-16(7-9-17)18-14-15(2)5-10-19(18)21/h5-10,14H,4,11-13H2,1-3H3. The lowest BCUT2D eigenvalue weighted by molar-refractivity contribution is 0.0695. The fourth-order valence-electron chi connectivity index (χ4n) is 2.62. The minimum Gasteiger partial charge on any atom is -0.383 e. The third kappa shape index (κ3) is 4.59. The number of benzene rings is 2. The summed E-state index contributed by atoms with van der Waals surface area (Å²) in [5, 5.41) is 0.715. The van der Waals surface area contributed by atoms with Crippen molar-refractivity contribution in [2.75, 3.05) is 26.8 Å². The first-order valence-electron chi connectivity index (χ1n) is 8.21. The van der Waals surface area contributed by atoms with E-state index in [1.807, 2.05) is 48.2 Å². The predicted octanol–water partition coefficient (Wildman–Crippen LogP) is 4.81. The van der Waals surface area contributed by atoms with Crippen molar-refractivity contribution < 1.29 is 9.53 Å². The quantitative estimate of drug-likeness (QED) is 0.720. The van der Waals surface area contributed by atoms with E-state index >= 15 is 0 Å². The van der Waals surface area contributed by atoms with Crippen LogP contribution in [0.5, 0.6) is 0 Å². The van der Waals surface area contributed by atoms with Crippen LogP contribution >= 0.6 is 11.6 Å². The number of aryl methyl sites for hydroxylation is 1. The molecule has 0 unspecified atom stereocenters. The normalized spacial score (nSPS) is 10.7. The summed E-state index contributed by atoms with van der Waals surface area (Å²) in [5.41, 5.74) is 3.84. The number of rotatable bonds is 7. The fraction of sp³-hybridized carbons (Fsp3) is 0.350. The van der Waals surface area contributed by atoms with Crippen LogP contribution in [0, 0.1) is 6.92 Å². The number of carbonyl (C=O) groups is 1. The molecule has 0 aliphatic rings. The molecule has 0 N–H and O–H groups in total. The highest BCUT2D eigenvalue weighted by molar-refractivity contribution is 6.33. The van der Waals surface area contributed by atoms with Crippen molar-refractivity contribution in [3.05, 3.63) is 58.6 Å². The van der Waals surface area contributed by atoms with Gasteiger partial charge < -0.3 is 9.64 Å². The number of amides is 1. The Labute approximate surface area is 149 Å². The van der Waals surface area contributed by atoms with Crippen LogP contribution in [0.2, 0.25) is 5.02 Å². The number of halogens is 1. The highest BCUT2D eigenvalue weighted by atomic mass is 35.5. The van der Waals surface area contributed by atoms with Crippen LogP contribution in [0.1, 0.15) is 29.3 Å². The van der Waals surface area contributed by atoms with Gasteiger partial charge in [-0.1, -0.05) is 42.3 Å². The average molecular weight is 346 g/mol. The molecule has 0 aliphatic heterocycles. The number of hydrogen-bond acceptors (Lipinski definition) is 2. The minimum atomic E-state index is 0.0378. The van der Waals surface area contributed by atoms with Crippen molar-refractivity contribution in [3.63, 3.8) is 0 Å². The molecule has 0 aliphatic carbocycles. The largest absolute Gasteiger partial charge is 0.383 e. The monoisotopic (exact) mass is 345 g/mol. The topological polar surface area (TPSA) is 29.5 Å². The fourth-order valence-corrected chi connectivity index (χ4v) is 2.85. The van der Waals surface area contributed by atoms with Gasteiger partial charge in [0.05, 0.1) is 6.61 Å². The number of nitrogens with zero attached hydrogens (tertiary/aromatic N) is 1. The molecular formula is C20H24ClNO2. The summed E-state index contributed by atoms with van der Waals surface area (Å²) in [6, 6.07) is 13.6. The molecule has 2 aromatic rings. The van der Waals surface area contributed by atoms with E-state index in [1.165, 1.54) is 0 Å².